The van der Waals surface area contributed by atoms with Gasteiger partial charge in [-0.15, -0.1) is 0 Å². The maximum absolute atomic E-state index is 5.90. The SMILES string of the molecule is CC(=CCC(C)(C)N)c1cccnc1. The third-order valence-corrected chi connectivity index (χ3v) is 2.05. The summed E-state index contributed by atoms with van der Waals surface area (Å²) in [4.78, 5) is 4.08. The monoisotopic (exact) mass is 190 g/mol. The summed E-state index contributed by atoms with van der Waals surface area (Å²) in [5, 5.41) is 0. The molecule has 0 aromatic carbocycles. The number of hydrogen-bond donors (Lipinski definition) is 1. The standard InChI is InChI=1S/C12H18N2/c1-10(6-7-12(2,3)13)11-5-4-8-14-9-11/h4-6,8-9H,7,13H2,1-3H3. The molecule has 2 N–H and O–H groups in total. The van der Waals surface area contributed by atoms with E-state index in [0.717, 1.165) is 12.0 Å². The van der Waals surface area contributed by atoms with Gasteiger partial charge in [-0.1, -0.05) is 12.1 Å². The van der Waals surface area contributed by atoms with E-state index in [1.807, 2.05) is 26.1 Å². The molecular weight excluding hydrogens is 172 g/mol. The Hall–Kier alpha value is -1.15. The van der Waals surface area contributed by atoms with Crippen molar-refractivity contribution in [2.45, 2.75) is 32.7 Å². The van der Waals surface area contributed by atoms with Crippen molar-refractivity contribution in [3.8, 4) is 0 Å². The second kappa shape index (κ2) is 4.38. The molecule has 0 spiro atoms. The molecule has 0 aliphatic heterocycles. The van der Waals surface area contributed by atoms with Crippen LogP contribution >= 0.6 is 0 Å². The average Bonchev–Trinajstić information content (AvgIpc) is 2.14. The molecule has 1 aromatic heterocycles. The minimum absolute atomic E-state index is 0.135. The summed E-state index contributed by atoms with van der Waals surface area (Å²) < 4.78 is 0. The van der Waals surface area contributed by atoms with Crippen LogP contribution in [0.25, 0.3) is 5.57 Å². The Bertz CT molecular complexity index is 307. The molecule has 1 rings (SSSR count). The van der Waals surface area contributed by atoms with Gasteiger partial charge < -0.3 is 5.73 Å². The highest BCUT2D eigenvalue weighted by Crippen LogP contribution is 2.15. The van der Waals surface area contributed by atoms with Crippen molar-refractivity contribution in [1.29, 1.82) is 0 Å². The molecule has 0 aliphatic rings. The first-order chi connectivity index (χ1) is 6.49. The minimum Gasteiger partial charge on any atom is -0.325 e. The molecule has 0 unspecified atom stereocenters. The van der Waals surface area contributed by atoms with Crippen LogP contribution in [0.15, 0.2) is 30.6 Å². The highest BCUT2D eigenvalue weighted by molar-refractivity contribution is 5.62. The lowest BCUT2D eigenvalue weighted by Crippen LogP contribution is -2.30. The van der Waals surface area contributed by atoms with Crippen LogP contribution in [0.4, 0.5) is 0 Å². The second-order valence-corrected chi connectivity index (χ2v) is 4.32. The summed E-state index contributed by atoms with van der Waals surface area (Å²) in [6.07, 6.45) is 6.70. The van der Waals surface area contributed by atoms with Crippen LogP contribution in [-0.2, 0) is 0 Å². The zero-order chi connectivity index (χ0) is 10.6. The fraction of sp³-hybridized carbons (Fsp3) is 0.417. The Morgan fingerprint density at radius 2 is 2.29 bits per heavy atom. The lowest BCUT2D eigenvalue weighted by molar-refractivity contribution is 0.528. The molecule has 0 bridgehead atoms. The minimum atomic E-state index is -0.135. The van der Waals surface area contributed by atoms with E-state index in [1.165, 1.54) is 5.57 Å². The summed E-state index contributed by atoms with van der Waals surface area (Å²) in [7, 11) is 0. The van der Waals surface area contributed by atoms with Crippen molar-refractivity contribution in [3.63, 3.8) is 0 Å². The average molecular weight is 190 g/mol. The molecule has 0 saturated carbocycles. The molecular formula is C12H18N2. The van der Waals surface area contributed by atoms with Crippen molar-refractivity contribution in [3.05, 3.63) is 36.2 Å². The van der Waals surface area contributed by atoms with Crippen molar-refractivity contribution in [2.24, 2.45) is 5.73 Å². The van der Waals surface area contributed by atoms with Gasteiger partial charge in [-0.3, -0.25) is 4.98 Å². The van der Waals surface area contributed by atoms with Crippen LogP contribution in [0.3, 0.4) is 0 Å². The zero-order valence-corrected chi connectivity index (χ0v) is 9.12. The van der Waals surface area contributed by atoms with Crippen molar-refractivity contribution in [1.82, 2.24) is 4.98 Å². The lowest BCUT2D eigenvalue weighted by atomic mass is 9.99. The normalized spacial score (nSPS) is 13.0. The molecule has 2 nitrogen and oxygen atoms in total. The second-order valence-electron chi connectivity index (χ2n) is 4.32. The molecule has 0 amide bonds. The molecule has 0 aliphatic carbocycles. The smallest absolute Gasteiger partial charge is 0.0342 e. The largest absolute Gasteiger partial charge is 0.325 e. The number of nitrogens with two attached hydrogens (primary N) is 1. The van der Waals surface area contributed by atoms with Gasteiger partial charge in [0.05, 0.1) is 0 Å². The summed E-state index contributed by atoms with van der Waals surface area (Å²) >= 11 is 0. The number of hydrogen-bond acceptors (Lipinski definition) is 2. The van der Waals surface area contributed by atoms with E-state index in [1.54, 1.807) is 6.20 Å². The summed E-state index contributed by atoms with van der Waals surface area (Å²) in [6, 6.07) is 4.00. The van der Waals surface area contributed by atoms with Gasteiger partial charge in [0.15, 0.2) is 0 Å². The molecule has 1 aromatic rings. The van der Waals surface area contributed by atoms with Crippen LogP contribution in [0.5, 0.6) is 0 Å². The van der Waals surface area contributed by atoms with Gasteiger partial charge in [0.25, 0.3) is 0 Å². The summed E-state index contributed by atoms with van der Waals surface area (Å²) in [6.45, 7) is 6.14. The molecule has 0 atom stereocenters. The van der Waals surface area contributed by atoms with Gasteiger partial charge in [-0.05, 0) is 44.4 Å². The number of rotatable bonds is 3. The summed E-state index contributed by atoms with van der Waals surface area (Å²) in [5.74, 6) is 0. The quantitative estimate of drug-likeness (QED) is 0.795. The van der Waals surface area contributed by atoms with E-state index in [0.29, 0.717) is 0 Å². The Balaban J connectivity index is 2.71. The Kier molecular flexibility index (Phi) is 3.42. The lowest BCUT2D eigenvalue weighted by Gasteiger charge is -2.15. The maximum atomic E-state index is 5.90. The van der Waals surface area contributed by atoms with Gasteiger partial charge >= 0.3 is 0 Å². The highest BCUT2D eigenvalue weighted by atomic mass is 14.7. The third kappa shape index (κ3) is 3.71. The molecule has 1 heterocycles. The molecule has 0 radical (unpaired) electrons. The highest BCUT2D eigenvalue weighted by Gasteiger charge is 2.07. The van der Waals surface area contributed by atoms with E-state index in [-0.39, 0.29) is 5.54 Å². The first kappa shape index (κ1) is 10.9. The van der Waals surface area contributed by atoms with E-state index < -0.39 is 0 Å². The number of pyridine rings is 1. The third-order valence-electron chi connectivity index (χ3n) is 2.05. The van der Waals surface area contributed by atoms with Crippen molar-refractivity contribution < 1.29 is 0 Å². The van der Waals surface area contributed by atoms with E-state index >= 15 is 0 Å². The van der Waals surface area contributed by atoms with Crippen LogP contribution in [0, 0.1) is 0 Å². The van der Waals surface area contributed by atoms with Crippen LogP contribution < -0.4 is 5.73 Å². The van der Waals surface area contributed by atoms with E-state index in [9.17, 15) is 0 Å². The van der Waals surface area contributed by atoms with Crippen molar-refractivity contribution in [2.75, 3.05) is 0 Å². The topological polar surface area (TPSA) is 38.9 Å². The fourth-order valence-electron chi connectivity index (χ4n) is 1.13. The maximum Gasteiger partial charge on any atom is 0.0342 e. The van der Waals surface area contributed by atoms with Gasteiger partial charge in [-0.25, -0.2) is 0 Å². The molecule has 0 saturated heterocycles. The fourth-order valence-corrected chi connectivity index (χ4v) is 1.13. The van der Waals surface area contributed by atoms with E-state index in [4.69, 9.17) is 5.73 Å². The molecule has 2 heteroatoms. The van der Waals surface area contributed by atoms with Gasteiger partial charge in [0.1, 0.15) is 0 Å². The first-order valence-electron chi connectivity index (χ1n) is 4.85. The predicted octanol–water partition coefficient (Wildman–Crippen LogP) is 2.61. The van der Waals surface area contributed by atoms with E-state index in [2.05, 4.69) is 24.1 Å². The van der Waals surface area contributed by atoms with Crippen LogP contribution in [-0.4, -0.2) is 10.5 Å². The summed E-state index contributed by atoms with van der Waals surface area (Å²) in [5.41, 5.74) is 8.16. The number of allylic oxidation sites excluding steroid dienone is 1. The van der Waals surface area contributed by atoms with Gasteiger partial charge in [0.2, 0.25) is 0 Å². The molecule has 0 fully saturated rings. The zero-order valence-electron chi connectivity index (χ0n) is 9.12. The Morgan fingerprint density at radius 3 is 2.79 bits per heavy atom. The van der Waals surface area contributed by atoms with Crippen LogP contribution in [0.2, 0.25) is 0 Å². The first-order valence-corrected chi connectivity index (χ1v) is 4.85. The van der Waals surface area contributed by atoms with Crippen molar-refractivity contribution >= 4 is 5.57 Å². The Morgan fingerprint density at radius 1 is 1.57 bits per heavy atom. The molecule has 14 heavy (non-hydrogen) atoms. The number of nitrogens with zero attached hydrogens (tertiary/aromatic N) is 1. The van der Waals surface area contributed by atoms with Gasteiger partial charge in [0, 0.05) is 17.9 Å². The molecule has 76 valence electrons. The van der Waals surface area contributed by atoms with Gasteiger partial charge in [-0.2, -0.15) is 0 Å². The Labute approximate surface area is 85.9 Å². The number of aromatic nitrogens is 1. The van der Waals surface area contributed by atoms with Crippen LogP contribution in [0.1, 0.15) is 32.8 Å². The predicted molar refractivity (Wildman–Crippen MR) is 60.8 cm³/mol.